The highest BCUT2D eigenvalue weighted by Crippen LogP contribution is 2.27. The van der Waals surface area contributed by atoms with Gasteiger partial charge < -0.3 is 0 Å². The zero-order valence-electron chi connectivity index (χ0n) is 12.7. The molecule has 7 heteroatoms. The maximum atomic E-state index is 14.0. The molecule has 122 valence electrons. The molecule has 0 unspecified atom stereocenters. The van der Waals surface area contributed by atoms with E-state index in [2.05, 4.69) is 37.7 Å². The summed E-state index contributed by atoms with van der Waals surface area (Å²) in [6, 6.07) is 10.7. The summed E-state index contributed by atoms with van der Waals surface area (Å²) in [7, 11) is 0. The second-order valence-corrected chi connectivity index (χ2v) is 6.80. The highest BCUT2D eigenvalue weighted by molar-refractivity contribution is 9.10. The number of allylic oxidation sites excluding steroid dienone is 1. The third kappa shape index (κ3) is 3.73. The van der Waals surface area contributed by atoms with Crippen molar-refractivity contribution in [2.75, 3.05) is 0 Å². The number of hydrogen-bond donors (Lipinski definition) is 0. The zero-order chi connectivity index (χ0) is 16.9. The minimum atomic E-state index is -0.239. The summed E-state index contributed by atoms with van der Waals surface area (Å²) in [4.78, 5) is 4.32. The van der Waals surface area contributed by atoms with Crippen molar-refractivity contribution in [3.05, 3.63) is 71.1 Å². The maximum Gasteiger partial charge on any atom is 0.192 e. The summed E-state index contributed by atoms with van der Waals surface area (Å²) in [5.41, 5.74) is 1.37. The largest absolute Gasteiger partial charge is 0.297 e. The number of hydrogen-bond acceptors (Lipinski definition) is 4. The Balaban J connectivity index is 1.85. The Morgan fingerprint density at radius 3 is 2.83 bits per heavy atom. The Hall–Kier alpha value is -1.99. The third-order valence-corrected chi connectivity index (χ3v) is 4.80. The van der Waals surface area contributed by atoms with Gasteiger partial charge in [0.05, 0.1) is 0 Å². The van der Waals surface area contributed by atoms with Crippen LogP contribution in [0.1, 0.15) is 5.56 Å². The fourth-order valence-electron chi connectivity index (χ4n) is 2.15. The fraction of sp³-hybridized carbons (Fsp3) is 0.118. The molecule has 24 heavy (non-hydrogen) atoms. The molecule has 0 spiro atoms. The molecule has 0 fully saturated rings. The molecule has 0 aliphatic heterocycles. The Morgan fingerprint density at radius 2 is 2.12 bits per heavy atom. The molecule has 0 radical (unpaired) electrons. The summed E-state index contributed by atoms with van der Waals surface area (Å²) in [5, 5.41) is 9.17. The topological polar surface area (TPSA) is 43.6 Å². The molecule has 2 aromatic heterocycles. The van der Waals surface area contributed by atoms with E-state index < -0.39 is 0 Å². The van der Waals surface area contributed by atoms with Crippen LogP contribution in [0.5, 0.6) is 0 Å². The Kier molecular flexibility index (Phi) is 5.42. The van der Waals surface area contributed by atoms with Crippen molar-refractivity contribution in [3.8, 4) is 11.5 Å². The van der Waals surface area contributed by atoms with Crippen molar-refractivity contribution in [3.63, 3.8) is 0 Å². The summed E-state index contributed by atoms with van der Waals surface area (Å²) >= 11 is 4.70. The van der Waals surface area contributed by atoms with Gasteiger partial charge in [-0.2, -0.15) is 0 Å². The average molecular weight is 405 g/mol. The molecule has 1 aromatic carbocycles. The van der Waals surface area contributed by atoms with Gasteiger partial charge in [-0.1, -0.05) is 45.9 Å². The van der Waals surface area contributed by atoms with Gasteiger partial charge in [-0.25, -0.2) is 4.39 Å². The van der Waals surface area contributed by atoms with E-state index in [1.165, 1.54) is 17.8 Å². The van der Waals surface area contributed by atoms with Gasteiger partial charge in [0.2, 0.25) is 0 Å². The van der Waals surface area contributed by atoms with Crippen LogP contribution in [0.2, 0.25) is 0 Å². The molecule has 0 aliphatic rings. The maximum absolute atomic E-state index is 14.0. The molecule has 0 N–H and O–H groups in total. The normalized spacial score (nSPS) is 10.8. The number of halogens is 2. The van der Waals surface area contributed by atoms with Gasteiger partial charge in [0.25, 0.3) is 0 Å². The quantitative estimate of drug-likeness (QED) is 0.440. The van der Waals surface area contributed by atoms with Crippen molar-refractivity contribution >= 4 is 27.7 Å². The molecular formula is C17H14BrFN4S. The second kappa shape index (κ2) is 7.72. The molecule has 0 bridgehead atoms. The lowest BCUT2D eigenvalue weighted by atomic mass is 10.2. The van der Waals surface area contributed by atoms with Crippen molar-refractivity contribution in [1.82, 2.24) is 19.7 Å². The molecule has 0 aliphatic carbocycles. The van der Waals surface area contributed by atoms with E-state index in [0.717, 1.165) is 10.2 Å². The van der Waals surface area contributed by atoms with Crippen LogP contribution in [-0.4, -0.2) is 19.7 Å². The van der Waals surface area contributed by atoms with E-state index in [0.29, 0.717) is 28.8 Å². The van der Waals surface area contributed by atoms with E-state index in [9.17, 15) is 4.39 Å². The standard InChI is InChI=1S/C17H14BrFN4S/c1-2-9-23-16(15-5-3-4-8-20-15)21-22-17(23)24-11-12-6-7-13(18)10-14(12)19/h2-8,10H,1,9,11H2. The van der Waals surface area contributed by atoms with E-state index in [4.69, 9.17) is 0 Å². The van der Waals surface area contributed by atoms with Crippen molar-refractivity contribution < 1.29 is 4.39 Å². The minimum absolute atomic E-state index is 0.239. The molecule has 3 aromatic rings. The lowest BCUT2D eigenvalue weighted by Gasteiger charge is -2.07. The van der Waals surface area contributed by atoms with Crippen molar-refractivity contribution in [1.29, 1.82) is 0 Å². The van der Waals surface area contributed by atoms with Crippen molar-refractivity contribution in [2.24, 2.45) is 0 Å². The van der Waals surface area contributed by atoms with Crippen LogP contribution in [0.3, 0.4) is 0 Å². The Morgan fingerprint density at radius 1 is 1.25 bits per heavy atom. The minimum Gasteiger partial charge on any atom is -0.297 e. The Bertz CT molecular complexity index is 851. The van der Waals surface area contributed by atoms with Crippen molar-refractivity contribution in [2.45, 2.75) is 17.5 Å². The number of thioether (sulfide) groups is 1. The van der Waals surface area contributed by atoms with E-state index >= 15 is 0 Å². The third-order valence-electron chi connectivity index (χ3n) is 3.29. The summed E-state index contributed by atoms with van der Waals surface area (Å²) in [6.07, 6.45) is 3.49. The number of nitrogens with zero attached hydrogens (tertiary/aromatic N) is 4. The smallest absolute Gasteiger partial charge is 0.192 e. The van der Waals surface area contributed by atoms with Crippen LogP contribution in [0.25, 0.3) is 11.5 Å². The summed E-state index contributed by atoms with van der Waals surface area (Å²) in [6.45, 7) is 4.34. The van der Waals surface area contributed by atoms with Gasteiger partial charge in [0.15, 0.2) is 11.0 Å². The van der Waals surface area contributed by atoms with Gasteiger partial charge in [-0.3, -0.25) is 9.55 Å². The predicted molar refractivity (Wildman–Crippen MR) is 97.1 cm³/mol. The molecule has 3 rings (SSSR count). The lowest BCUT2D eigenvalue weighted by Crippen LogP contribution is -2.01. The molecule has 0 amide bonds. The van der Waals surface area contributed by atoms with E-state index in [1.54, 1.807) is 18.3 Å². The predicted octanol–water partition coefficient (Wildman–Crippen LogP) is 4.72. The fourth-order valence-corrected chi connectivity index (χ4v) is 3.42. The molecule has 4 nitrogen and oxygen atoms in total. The number of rotatable bonds is 6. The summed E-state index contributed by atoms with van der Waals surface area (Å²) in [5.74, 6) is 0.905. The zero-order valence-corrected chi connectivity index (χ0v) is 15.1. The monoisotopic (exact) mass is 404 g/mol. The summed E-state index contributed by atoms with van der Waals surface area (Å²) < 4.78 is 16.6. The van der Waals surface area contributed by atoms with E-state index in [-0.39, 0.29) is 5.82 Å². The molecule has 0 saturated carbocycles. The molecule has 0 atom stereocenters. The van der Waals surface area contributed by atoms with Crippen LogP contribution in [0.15, 0.2) is 64.9 Å². The van der Waals surface area contributed by atoms with E-state index in [1.807, 2.05) is 28.8 Å². The lowest BCUT2D eigenvalue weighted by molar-refractivity contribution is 0.616. The number of benzene rings is 1. The van der Waals surface area contributed by atoms with Gasteiger partial charge in [0, 0.05) is 23.0 Å². The molecule has 0 saturated heterocycles. The van der Waals surface area contributed by atoms with Crippen LogP contribution in [0.4, 0.5) is 4.39 Å². The molecule has 2 heterocycles. The van der Waals surface area contributed by atoms with Gasteiger partial charge in [-0.15, -0.1) is 16.8 Å². The van der Waals surface area contributed by atoms with Gasteiger partial charge in [0.1, 0.15) is 11.5 Å². The van der Waals surface area contributed by atoms with Crippen LogP contribution >= 0.6 is 27.7 Å². The first-order valence-corrected chi connectivity index (χ1v) is 8.99. The first-order chi connectivity index (χ1) is 11.7. The van der Waals surface area contributed by atoms with Crippen LogP contribution in [0, 0.1) is 5.82 Å². The first-order valence-electron chi connectivity index (χ1n) is 7.21. The van der Waals surface area contributed by atoms with Crippen LogP contribution < -0.4 is 0 Å². The Labute approximate surface area is 152 Å². The van der Waals surface area contributed by atoms with Crippen LogP contribution in [-0.2, 0) is 12.3 Å². The second-order valence-electron chi connectivity index (χ2n) is 4.94. The first kappa shape index (κ1) is 16.9. The van der Waals surface area contributed by atoms with Gasteiger partial charge >= 0.3 is 0 Å². The van der Waals surface area contributed by atoms with Gasteiger partial charge in [-0.05, 0) is 29.8 Å². The number of pyridine rings is 1. The molecular weight excluding hydrogens is 391 g/mol. The SMILES string of the molecule is C=CCn1c(SCc2ccc(Br)cc2F)nnc1-c1ccccn1. The number of aromatic nitrogens is 4. The highest BCUT2D eigenvalue weighted by Gasteiger charge is 2.15. The average Bonchev–Trinajstić information content (AvgIpc) is 2.98. The highest BCUT2D eigenvalue weighted by atomic mass is 79.9.